The fourth-order valence-corrected chi connectivity index (χ4v) is 8.61. The van der Waals surface area contributed by atoms with Gasteiger partial charge in [-0.25, -0.2) is 0 Å². The molecule has 0 spiro atoms. The first-order chi connectivity index (χ1) is 33.2. The number of nitrogens with one attached hydrogen (secondary N) is 5. The maximum absolute atomic E-state index is 15.0. The molecule has 2 aliphatic heterocycles. The van der Waals surface area contributed by atoms with Gasteiger partial charge in [-0.2, -0.15) is 0 Å². The molecule has 2 bridgehead atoms. The van der Waals surface area contributed by atoms with Gasteiger partial charge >= 0.3 is 5.97 Å². The fraction of sp³-hybridized carbons (Fsp3) is 0.377. The fourth-order valence-electron chi connectivity index (χ4n) is 8.61. The minimum Gasteiger partial charge on any atom is -0.481 e. The minimum absolute atomic E-state index is 0.00000847. The molecule has 364 valence electrons. The molecular formula is C53H63N7O9. The van der Waals surface area contributed by atoms with Crippen molar-refractivity contribution in [3.8, 4) is 11.1 Å². The van der Waals surface area contributed by atoms with E-state index in [4.69, 9.17) is 10.5 Å². The molecule has 16 nitrogen and oxygen atoms in total. The molecule has 0 saturated carbocycles. The van der Waals surface area contributed by atoms with Crippen LogP contribution in [-0.2, 0) is 69.5 Å². The summed E-state index contributed by atoms with van der Waals surface area (Å²) in [6, 6.07) is 29.4. The van der Waals surface area contributed by atoms with Crippen molar-refractivity contribution in [2.24, 2.45) is 11.1 Å². The first kappa shape index (κ1) is 51.2. The Morgan fingerprint density at radius 3 is 2.20 bits per heavy atom. The van der Waals surface area contributed by atoms with Crippen molar-refractivity contribution in [3.05, 3.63) is 143 Å². The van der Waals surface area contributed by atoms with Crippen molar-refractivity contribution in [2.75, 3.05) is 45.9 Å². The lowest BCUT2D eigenvalue weighted by Gasteiger charge is -2.42. The van der Waals surface area contributed by atoms with E-state index in [9.17, 15) is 38.7 Å². The summed E-state index contributed by atoms with van der Waals surface area (Å²) in [6.45, 7) is 4.74. The van der Waals surface area contributed by atoms with Gasteiger partial charge in [0.15, 0.2) is 0 Å². The maximum atomic E-state index is 15.0. The van der Waals surface area contributed by atoms with Crippen molar-refractivity contribution < 1.29 is 43.4 Å². The number of ether oxygens (including phenoxy) is 1. The smallest absolute Gasteiger partial charge is 0.313 e. The first-order valence-electron chi connectivity index (χ1n) is 23.4. The van der Waals surface area contributed by atoms with Crippen molar-refractivity contribution in [2.45, 2.75) is 76.4 Å². The van der Waals surface area contributed by atoms with E-state index in [1.807, 2.05) is 66.7 Å². The van der Waals surface area contributed by atoms with Crippen LogP contribution < -0.4 is 32.3 Å². The Morgan fingerprint density at radius 2 is 1.51 bits per heavy atom. The SMILES string of the molecule is CC(C)(C(=O)O)c1ccc(-c2ccc(C[C@@H]3NC(=O)[C@]4(Cc5ccccc5)CCCN(C4)C(=O)/C=C/C(=O)NCC[C@@H](C(=O)NCCOCCN)NC(=O)Cc4ccccc4CNC3=O)cc2)cc1. The van der Waals surface area contributed by atoms with E-state index in [0.29, 0.717) is 49.2 Å². The molecule has 3 atom stereocenters. The molecule has 2 heterocycles. The molecule has 4 aromatic carbocycles. The number of rotatable bonds is 13. The van der Waals surface area contributed by atoms with Gasteiger partial charge < -0.3 is 47.1 Å². The molecule has 0 aromatic heterocycles. The van der Waals surface area contributed by atoms with Gasteiger partial charge in [-0.05, 0) is 78.5 Å². The lowest BCUT2D eigenvalue weighted by atomic mass is 9.74. The number of aliphatic carboxylic acids is 1. The minimum atomic E-state index is -1.14. The Morgan fingerprint density at radius 1 is 0.826 bits per heavy atom. The molecule has 1 fully saturated rings. The van der Waals surface area contributed by atoms with Gasteiger partial charge in [-0.1, -0.05) is 103 Å². The second kappa shape index (κ2) is 24.2. The van der Waals surface area contributed by atoms with Gasteiger partial charge in [0.25, 0.3) is 0 Å². The van der Waals surface area contributed by atoms with E-state index in [-0.39, 0.29) is 58.5 Å². The molecule has 0 aliphatic carbocycles. The summed E-state index contributed by atoms with van der Waals surface area (Å²) in [4.78, 5) is 96.6. The van der Waals surface area contributed by atoms with Crippen molar-refractivity contribution in [3.63, 3.8) is 0 Å². The lowest BCUT2D eigenvalue weighted by molar-refractivity contribution is -0.143. The summed E-state index contributed by atoms with van der Waals surface area (Å²) >= 11 is 0. The van der Waals surface area contributed by atoms with E-state index < -0.39 is 64.3 Å². The van der Waals surface area contributed by atoms with Crippen LogP contribution in [0, 0.1) is 5.41 Å². The van der Waals surface area contributed by atoms with Crippen molar-refractivity contribution in [1.29, 1.82) is 0 Å². The number of benzene rings is 4. The standard InChI is InChI=1S/C53H63N7O9/c1-52(2,51(67)68)42-19-17-39(18-20-42)38-15-13-36(14-16-38)31-44-49(65)57-34-41-12-7-6-11-40(41)32-46(62)58-43(48(64)56-27-30-69-29-25-54)23-26-55-45(61)21-22-47(63)60-28-8-24-53(35-60,50(66)59-44)33-37-9-4-3-5-10-37/h3-7,9-22,43-44H,8,23-35,54H2,1-2H3,(H,55,61)(H,56,64)(H,57,65)(H,58,62)(H,59,66)(H,67,68)/b22-21+/t43-,44-,53-/m0/s1. The van der Waals surface area contributed by atoms with Gasteiger partial charge in [0, 0.05) is 57.8 Å². The van der Waals surface area contributed by atoms with Gasteiger partial charge in [-0.15, -0.1) is 0 Å². The van der Waals surface area contributed by atoms with Crippen LogP contribution in [0.25, 0.3) is 11.1 Å². The molecule has 6 rings (SSSR count). The van der Waals surface area contributed by atoms with Crippen LogP contribution in [0.1, 0.15) is 60.9 Å². The second-order valence-corrected chi connectivity index (χ2v) is 18.1. The zero-order valence-corrected chi connectivity index (χ0v) is 39.3. The molecule has 2 aliphatic rings. The number of nitrogens with two attached hydrogens (primary N) is 1. The third kappa shape index (κ3) is 14.2. The Balaban J connectivity index is 1.30. The summed E-state index contributed by atoms with van der Waals surface area (Å²) in [7, 11) is 0. The monoisotopic (exact) mass is 941 g/mol. The van der Waals surface area contributed by atoms with E-state index >= 15 is 0 Å². The Hall–Kier alpha value is -7.17. The Labute approximate surface area is 402 Å². The highest BCUT2D eigenvalue weighted by atomic mass is 16.5. The highest BCUT2D eigenvalue weighted by molar-refractivity contribution is 5.97. The normalized spacial score (nSPS) is 20.4. The first-order valence-corrected chi connectivity index (χ1v) is 23.4. The topological polar surface area (TPSA) is 238 Å². The van der Waals surface area contributed by atoms with Crippen LogP contribution >= 0.6 is 0 Å². The van der Waals surface area contributed by atoms with Gasteiger partial charge in [0.2, 0.25) is 35.4 Å². The predicted molar refractivity (Wildman–Crippen MR) is 260 cm³/mol. The molecule has 69 heavy (non-hydrogen) atoms. The molecule has 8 N–H and O–H groups in total. The summed E-state index contributed by atoms with van der Waals surface area (Å²) < 4.78 is 5.37. The van der Waals surface area contributed by atoms with E-state index in [1.165, 1.54) is 0 Å². The summed E-state index contributed by atoms with van der Waals surface area (Å²) in [5.74, 6) is -3.78. The van der Waals surface area contributed by atoms with Crippen LogP contribution in [0.3, 0.4) is 0 Å². The number of piperidine rings is 1. The van der Waals surface area contributed by atoms with E-state index in [2.05, 4.69) is 26.6 Å². The highest BCUT2D eigenvalue weighted by Gasteiger charge is 2.44. The number of carbonyl (C=O) groups excluding carboxylic acids is 6. The predicted octanol–water partition coefficient (Wildman–Crippen LogP) is 3.11. The van der Waals surface area contributed by atoms with Crippen LogP contribution in [-0.4, -0.2) is 109 Å². The molecule has 16 heteroatoms. The summed E-state index contributed by atoms with van der Waals surface area (Å²) in [5.41, 5.74) is 8.58. The molecule has 1 saturated heterocycles. The van der Waals surface area contributed by atoms with E-state index in [1.54, 1.807) is 55.1 Å². The third-order valence-corrected chi connectivity index (χ3v) is 12.7. The van der Waals surface area contributed by atoms with Crippen molar-refractivity contribution in [1.82, 2.24) is 31.5 Å². The Bertz CT molecular complexity index is 2480. The van der Waals surface area contributed by atoms with Crippen LogP contribution in [0.15, 0.2) is 115 Å². The van der Waals surface area contributed by atoms with Gasteiger partial charge in [0.05, 0.1) is 30.5 Å². The van der Waals surface area contributed by atoms with Gasteiger partial charge in [-0.3, -0.25) is 33.6 Å². The largest absolute Gasteiger partial charge is 0.481 e. The molecule has 0 radical (unpaired) electrons. The Kier molecular flexibility index (Phi) is 18.0. The number of hydrogen-bond acceptors (Lipinski definition) is 9. The van der Waals surface area contributed by atoms with Crippen LogP contribution in [0.2, 0.25) is 0 Å². The number of carbonyl (C=O) groups is 7. The quantitative estimate of drug-likeness (QED) is 0.0968. The molecular weight excluding hydrogens is 879 g/mol. The number of nitrogens with zero attached hydrogens (tertiary/aromatic N) is 1. The molecule has 6 amide bonds. The van der Waals surface area contributed by atoms with Gasteiger partial charge in [0.1, 0.15) is 12.1 Å². The van der Waals surface area contributed by atoms with Crippen LogP contribution in [0.4, 0.5) is 0 Å². The average Bonchev–Trinajstić information content (AvgIpc) is 3.34. The average molecular weight is 942 g/mol. The molecule has 0 unspecified atom stereocenters. The second-order valence-electron chi connectivity index (χ2n) is 18.1. The van der Waals surface area contributed by atoms with Crippen molar-refractivity contribution >= 4 is 41.4 Å². The number of hydrogen-bond donors (Lipinski definition) is 7. The third-order valence-electron chi connectivity index (χ3n) is 12.7. The number of carboxylic acid groups (broad SMARTS) is 1. The maximum Gasteiger partial charge on any atom is 0.313 e. The zero-order valence-electron chi connectivity index (χ0n) is 39.3. The summed E-state index contributed by atoms with van der Waals surface area (Å²) in [6.07, 6.45) is 3.50. The highest BCUT2D eigenvalue weighted by Crippen LogP contribution is 2.35. The summed E-state index contributed by atoms with van der Waals surface area (Å²) in [5, 5.41) is 24.1. The van der Waals surface area contributed by atoms with E-state index in [0.717, 1.165) is 34.4 Å². The number of fused-ring (bicyclic) bond motifs is 3. The van der Waals surface area contributed by atoms with Crippen LogP contribution in [0.5, 0.6) is 0 Å². The zero-order chi connectivity index (χ0) is 49.4. The molecule has 4 aromatic rings. The number of amides is 6. The lowest BCUT2D eigenvalue weighted by Crippen LogP contribution is -2.58. The number of carboxylic acids is 1.